The zero-order valence-corrected chi connectivity index (χ0v) is 9.09. The molecule has 0 radical (unpaired) electrons. The van der Waals surface area contributed by atoms with E-state index in [1.165, 1.54) is 0 Å². The maximum atomic E-state index is 12.7. The van der Waals surface area contributed by atoms with Gasteiger partial charge >= 0.3 is 0 Å². The van der Waals surface area contributed by atoms with Crippen molar-refractivity contribution in [3.05, 3.63) is 0 Å². The number of alkyl halides is 2. The molecular formula is C10H18F2N2O2. The lowest BCUT2D eigenvalue weighted by molar-refractivity contribution is -0.129. The standard InChI is InChI=1S/C10H18F2N2O2/c11-10(12,6-15)5-14-9(16)7-2-1-3-8(13)4-7/h7-8,15H,1-6,13H2,(H,14,16). The smallest absolute Gasteiger partial charge is 0.287 e. The number of carbonyl (C=O) groups is 1. The summed E-state index contributed by atoms with van der Waals surface area (Å²) in [5.74, 6) is -3.89. The topological polar surface area (TPSA) is 75.4 Å². The number of aliphatic hydroxyl groups excluding tert-OH is 1. The molecule has 1 amide bonds. The van der Waals surface area contributed by atoms with Crippen LogP contribution >= 0.6 is 0 Å². The van der Waals surface area contributed by atoms with Gasteiger partial charge in [0, 0.05) is 12.0 Å². The Kier molecular flexibility index (Phi) is 4.61. The quantitative estimate of drug-likeness (QED) is 0.655. The molecule has 0 bridgehead atoms. The van der Waals surface area contributed by atoms with Crippen LogP contribution in [0.5, 0.6) is 0 Å². The zero-order valence-electron chi connectivity index (χ0n) is 9.09. The lowest BCUT2D eigenvalue weighted by atomic mass is 9.85. The maximum Gasteiger partial charge on any atom is 0.287 e. The molecule has 2 atom stereocenters. The lowest BCUT2D eigenvalue weighted by Gasteiger charge is -2.26. The van der Waals surface area contributed by atoms with Gasteiger partial charge in [-0.05, 0) is 19.3 Å². The van der Waals surface area contributed by atoms with Gasteiger partial charge in [-0.15, -0.1) is 0 Å². The van der Waals surface area contributed by atoms with Crippen LogP contribution < -0.4 is 11.1 Å². The fraction of sp³-hybridized carbons (Fsp3) is 0.900. The molecule has 4 N–H and O–H groups in total. The number of halogens is 2. The van der Waals surface area contributed by atoms with Crippen molar-refractivity contribution in [2.45, 2.75) is 37.6 Å². The van der Waals surface area contributed by atoms with Gasteiger partial charge in [-0.25, -0.2) is 8.78 Å². The molecule has 0 aromatic carbocycles. The third-order valence-corrected chi connectivity index (χ3v) is 2.84. The van der Waals surface area contributed by atoms with E-state index in [0.717, 1.165) is 12.8 Å². The van der Waals surface area contributed by atoms with Crippen LogP contribution in [0.25, 0.3) is 0 Å². The first-order chi connectivity index (χ1) is 7.44. The predicted molar refractivity (Wildman–Crippen MR) is 55.0 cm³/mol. The molecule has 1 fully saturated rings. The van der Waals surface area contributed by atoms with Gasteiger partial charge in [0.1, 0.15) is 6.61 Å². The van der Waals surface area contributed by atoms with Crippen molar-refractivity contribution in [1.29, 1.82) is 0 Å². The van der Waals surface area contributed by atoms with Crippen molar-refractivity contribution in [1.82, 2.24) is 5.32 Å². The van der Waals surface area contributed by atoms with Crippen molar-refractivity contribution in [2.75, 3.05) is 13.2 Å². The summed E-state index contributed by atoms with van der Waals surface area (Å²) >= 11 is 0. The van der Waals surface area contributed by atoms with Crippen molar-refractivity contribution in [3.63, 3.8) is 0 Å². The highest BCUT2D eigenvalue weighted by Gasteiger charge is 2.31. The molecule has 0 aromatic rings. The molecule has 0 spiro atoms. The second-order valence-electron chi connectivity index (χ2n) is 4.36. The molecule has 16 heavy (non-hydrogen) atoms. The van der Waals surface area contributed by atoms with E-state index >= 15 is 0 Å². The van der Waals surface area contributed by atoms with Gasteiger partial charge in [0.25, 0.3) is 5.92 Å². The van der Waals surface area contributed by atoms with E-state index in [4.69, 9.17) is 10.8 Å². The number of hydrogen-bond donors (Lipinski definition) is 3. The summed E-state index contributed by atoms with van der Waals surface area (Å²) in [6.45, 7) is -2.06. The molecule has 94 valence electrons. The normalized spacial score (nSPS) is 26.5. The number of nitrogens with one attached hydrogen (secondary N) is 1. The van der Waals surface area contributed by atoms with Crippen LogP contribution in [-0.2, 0) is 4.79 Å². The molecule has 4 nitrogen and oxygen atoms in total. The second kappa shape index (κ2) is 5.54. The molecule has 2 unspecified atom stereocenters. The number of rotatable bonds is 4. The Morgan fingerprint density at radius 2 is 2.19 bits per heavy atom. The highest BCUT2D eigenvalue weighted by molar-refractivity contribution is 5.78. The molecule has 1 aliphatic carbocycles. The van der Waals surface area contributed by atoms with Crippen LogP contribution in [0.4, 0.5) is 8.78 Å². The van der Waals surface area contributed by atoms with Gasteiger partial charge in [0.05, 0.1) is 6.54 Å². The van der Waals surface area contributed by atoms with E-state index in [0.29, 0.717) is 12.8 Å². The Hall–Kier alpha value is -0.750. The molecule has 0 aromatic heterocycles. The van der Waals surface area contributed by atoms with Crippen LogP contribution in [0.3, 0.4) is 0 Å². The Balaban J connectivity index is 2.34. The lowest BCUT2D eigenvalue weighted by Crippen LogP contribution is -2.43. The molecular weight excluding hydrogens is 218 g/mol. The van der Waals surface area contributed by atoms with E-state index in [1.807, 2.05) is 0 Å². The first-order valence-electron chi connectivity index (χ1n) is 5.46. The van der Waals surface area contributed by atoms with Gasteiger partial charge in [0.15, 0.2) is 0 Å². The first kappa shape index (κ1) is 13.3. The minimum absolute atomic E-state index is 0.0112. The number of hydrogen-bond acceptors (Lipinski definition) is 3. The van der Waals surface area contributed by atoms with Crippen molar-refractivity contribution in [3.8, 4) is 0 Å². The van der Waals surface area contributed by atoms with E-state index in [1.54, 1.807) is 0 Å². The van der Waals surface area contributed by atoms with E-state index in [9.17, 15) is 13.6 Å². The van der Waals surface area contributed by atoms with Gasteiger partial charge in [-0.2, -0.15) is 0 Å². The fourth-order valence-corrected chi connectivity index (χ4v) is 1.88. The highest BCUT2D eigenvalue weighted by atomic mass is 19.3. The third-order valence-electron chi connectivity index (χ3n) is 2.84. The monoisotopic (exact) mass is 236 g/mol. The molecule has 1 rings (SSSR count). The van der Waals surface area contributed by atoms with E-state index < -0.39 is 19.1 Å². The SMILES string of the molecule is NC1CCCC(C(=O)NCC(F)(F)CO)C1. The molecule has 0 saturated heterocycles. The minimum Gasteiger partial charge on any atom is -0.390 e. The van der Waals surface area contributed by atoms with Gasteiger partial charge in [0.2, 0.25) is 5.91 Å². The van der Waals surface area contributed by atoms with Gasteiger partial charge in [-0.1, -0.05) is 6.42 Å². The van der Waals surface area contributed by atoms with Gasteiger partial charge in [-0.3, -0.25) is 4.79 Å². The van der Waals surface area contributed by atoms with Crippen LogP contribution in [-0.4, -0.2) is 36.1 Å². The Morgan fingerprint density at radius 3 is 2.75 bits per heavy atom. The van der Waals surface area contributed by atoms with Crippen LogP contribution in [0, 0.1) is 5.92 Å². The summed E-state index contributed by atoms with van der Waals surface area (Å²) < 4.78 is 25.3. The maximum absolute atomic E-state index is 12.7. The average molecular weight is 236 g/mol. The summed E-state index contributed by atoms with van der Waals surface area (Å²) in [6, 6.07) is -0.0112. The van der Waals surface area contributed by atoms with Crippen LogP contribution in [0.2, 0.25) is 0 Å². The summed E-state index contributed by atoms with van der Waals surface area (Å²) in [4.78, 5) is 11.5. The zero-order chi connectivity index (χ0) is 12.2. The van der Waals surface area contributed by atoms with E-state index in [2.05, 4.69) is 5.32 Å². The van der Waals surface area contributed by atoms with Crippen LogP contribution in [0.1, 0.15) is 25.7 Å². The fourth-order valence-electron chi connectivity index (χ4n) is 1.88. The summed E-state index contributed by atoms with van der Waals surface area (Å²) in [7, 11) is 0. The molecule has 0 aliphatic heterocycles. The number of carbonyl (C=O) groups excluding carboxylic acids is 1. The van der Waals surface area contributed by atoms with Crippen molar-refractivity contribution >= 4 is 5.91 Å². The van der Waals surface area contributed by atoms with E-state index in [-0.39, 0.29) is 17.9 Å². The molecule has 1 aliphatic rings. The summed E-state index contributed by atoms with van der Waals surface area (Å²) in [5, 5.41) is 10.5. The number of amides is 1. The second-order valence-corrected chi connectivity index (χ2v) is 4.36. The van der Waals surface area contributed by atoms with Crippen molar-refractivity contribution in [2.24, 2.45) is 11.7 Å². The summed E-state index contributed by atoms with van der Waals surface area (Å²) in [6.07, 6.45) is 2.99. The molecule has 1 saturated carbocycles. The Bertz CT molecular complexity index is 249. The number of aliphatic hydroxyl groups is 1. The predicted octanol–water partition coefficient (Wildman–Crippen LogP) is 0.248. The highest BCUT2D eigenvalue weighted by Crippen LogP contribution is 2.23. The summed E-state index contributed by atoms with van der Waals surface area (Å²) in [5.41, 5.74) is 5.70. The van der Waals surface area contributed by atoms with Crippen molar-refractivity contribution < 1.29 is 18.7 Å². The van der Waals surface area contributed by atoms with Crippen LogP contribution in [0.15, 0.2) is 0 Å². The number of nitrogens with two attached hydrogens (primary N) is 1. The Labute approximate surface area is 93.2 Å². The third kappa shape index (κ3) is 4.02. The molecule has 0 heterocycles. The molecule has 6 heteroatoms. The Morgan fingerprint density at radius 1 is 1.50 bits per heavy atom. The minimum atomic E-state index is -3.24. The first-order valence-corrected chi connectivity index (χ1v) is 5.46. The average Bonchev–Trinajstić information content (AvgIpc) is 2.26. The largest absolute Gasteiger partial charge is 0.390 e. The van der Waals surface area contributed by atoms with Gasteiger partial charge < -0.3 is 16.2 Å².